The summed E-state index contributed by atoms with van der Waals surface area (Å²) >= 11 is 9.03. The van der Waals surface area contributed by atoms with Gasteiger partial charge in [-0.15, -0.1) is 23.1 Å². The van der Waals surface area contributed by atoms with E-state index in [0.717, 1.165) is 22.8 Å². The fraction of sp³-hybridized carbons (Fsp3) is 0.333. The summed E-state index contributed by atoms with van der Waals surface area (Å²) in [6.45, 7) is 4.67. The smallest absolute Gasteiger partial charge is 0.345 e. The molecule has 0 unspecified atom stereocenters. The summed E-state index contributed by atoms with van der Waals surface area (Å²) < 4.78 is 1.88. The van der Waals surface area contributed by atoms with Gasteiger partial charge in [-0.3, -0.25) is 4.68 Å². The Kier molecular flexibility index (Phi) is 4.54. The second-order valence-corrected chi connectivity index (χ2v) is 6.24. The van der Waals surface area contributed by atoms with Crippen molar-refractivity contribution in [3.63, 3.8) is 0 Å². The molecule has 0 fully saturated rings. The predicted molar refractivity (Wildman–Crippen MR) is 78.5 cm³/mol. The minimum Gasteiger partial charge on any atom is -0.477 e. The quantitative estimate of drug-likeness (QED) is 0.849. The number of aromatic nitrogens is 2. The highest BCUT2D eigenvalue weighted by Gasteiger charge is 2.14. The van der Waals surface area contributed by atoms with Gasteiger partial charge in [-0.1, -0.05) is 11.6 Å². The zero-order valence-electron chi connectivity index (χ0n) is 10.5. The van der Waals surface area contributed by atoms with Crippen LogP contribution in [0.2, 0.25) is 5.02 Å². The number of hydrogen-bond acceptors (Lipinski definition) is 4. The van der Waals surface area contributed by atoms with Crippen LogP contribution in [-0.2, 0) is 12.3 Å². The number of thioether (sulfide) groups is 1. The number of carboxylic acid groups (broad SMARTS) is 1. The van der Waals surface area contributed by atoms with Gasteiger partial charge in [0.1, 0.15) is 4.88 Å². The maximum absolute atomic E-state index is 10.8. The summed E-state index contributed by atoms with van der Waals surface area (Å²) in [6, 6.07) is 1.69. The van der Waals surface area contributed by atoms with Crippen molar-refractivity contribution in [1.82, 2.24) is 9.78 Å². The number of halogens is 1. The first-order valence-corrected chi connectivity index (χ1v) is 7.93. The van der Waals surface area contributed by atoms with E-state index in [0.29, 0.717) is 15.7 Å². The molecule has 1 N–H and O–H groups in total. The lowest BCUT2D eigenvalue weighted by atomic mass is 10.4. The Morgan fingerprint density at radius 2 is 2.37 bits per heavy atom. The average Bonchev–Trinajstić information content (AvgIpc) is 2.94. The van der Waals surface area contributed by atoms with Crippen LogP contribution in [-0.4, -0.2) is 20.9 Å². The van der Waals surface area contributed by atoms with Crippen LogP contribution in [0.3, 0.4) is 0 Å². The van der Waals surface area contributed by atoms with E-state index in [1.807, 2.05) is 23.9 Å². The van der Waals surface area contributed by atoms with E-state index in [-0.39, 0.29) is 0 Å². The van der Waals surface area contributed by atoms with Crippen LogP contribution in [0.25, 0.3) is 0 Å². The van der Waals surface area contributed by atoms with Crippen LogP contribution >= 0.6 is 34.7 Å². The van der Waals surface area contributed by atoms with Gasteiger partial charge in [0.25, 0.3) is 0 Å². The molecule has 0 atom stereocenters. The summed E-state index contributed by atoms with van der Waals surface area (Å²) in [7, 11) is 0. The van der Waals surface area contributed by atoms with Gasteiger partial charge in [0.2, 0.25) is 0 Å². The second kappa shape index (κ2) is 5.98. The summed E-state index contributed by atoms with van der Waals surface area (Å²) in [5.74, 6) is -0.201. The molecular weight excluding hydrogens is 304 g/mol. The first kappa shape index (κ1) is 14.4. The zero-order chi connectivity index (χ0) is 14.0. The van der Waals surface area contributed by atoms with E-state index in [9.17, 15) is 4.79 Å². The molecule has 0 aromatic carbocycles. The molecule has 0 saturated heterocycles. The van der Waals surface area contributed by atoms with E-state index in [2.05, 4.69) is 5.10 Å². The number of rotatable bonds is 5. The summed E-state index contributed by atoms with van der Waals surface area (Å²) in [5, 5.41) is 15.8. The monoisotopic (exact) mass is 316 g/mol. The van der Waals surface area contributed by atoms with Crippen LogP contribution in [0.5, 0.6) is 0 Å². The molecule has 0 bridgehead atoms. The number of carboxylic acids is 1. The van der Waals surface area contributed by atoms with Gasteiger partial charge < -0.3 is 5.11 Å². The van der Waals surface area contributed by atoms with Crippen LogP contribution in [0, 0.1) is 6.92 Å². The molecule has 2 aromatic rings. The molecule has 0 amide bonds. The van der Waals surface area contributed by atoms with Crippen molar-refractivity contribution >= 4 is 40.7 Å². The van der Waals surface area contributed by atoms with Crippen LogP contribution in [0.15, 0.2) is 16.3 Å². The molecule has 7 heteroatoms. The van der Waals surface area contributed by atoms with E-state index in [1.165, 1.54) is 11.3 Å². The molecule has 19 heavy (non-hydrogen) atoms. The first-order valence-electron chi connectivity index (χ1n) is 5.69. The molecule has 102 valence electrons. The van der Waals surface area contributed by atoms with Gasteiger partial charge >= 0.3 is 5.97 Å². The Hall–Kier alpha value is -0.980. The van der Waals surface area contributed by atoms with Crippen molar-refractivity contribution in [2.75, 3.05) is 0 Å². The minimum atomic E-state index is -0.885. The molecule has 4 nitrogen and oxygen atoms in total. The SMILES string of the molecule is CCn1nc(C)c(Cl)c1CSc1csc(C(=O)O)c1. The van der Waals surface area contributed by atoms with E-state index in [4.69, 9.17) is 16.7 Å². The second-order valence-electron chi connectivity index (χ2n) is 3.90. The predicted octanol–water partition coefficient (Wildman–Crippen LogP) is 3.92. The summed E-state index contributed by atoms with van der Waals surface area (Å²) in [6.07, 6.45) is 0. The van der Waals surface area contributed by atoms with Crippen molar-refractivity contribution in [2.45, 2.75) is 31.0 Å². The van der Waals surface area contributed by atoms with Gasteiger partial charge in [-0.25, -0.2) is 4.79 Å². The van der Waals surface area contributed by atoms with E-state index < -0.39 is 5.97 Å². The fourth-order valence-corrected chi connectivity index (χ4v) is 3.84. The third kappa shape index (κ3) is 3.13. The molecule has 2 rings (SSSR count). The molecule has 0 spiro atoms. The molecule has 2 heterocycles. The number of hydrogen-bond donors (Lipinski definition) is 1. The zero-order valence-corrected chi connectivity index (χ0v) is 12.9. The summed E-state index contributed by atoms with van der Waals surface area (Å²) in [4.78, 5) is 12.1. The van der Waals surface area contributed by atoms with Crippen molar-refractivity contribution in [1.29, 1.82) is 0 Å². The Morgan fingerprint density at radius 1 is 1.63 bits per heavy atom. The number of thiophene rings is 1. The highest BCUT2D eigenvalue weighted by atomic mass is 35.5. The Bertz CT molecular complexity index is 607. The van der Waals surface area contributed by atoms with Gasteiger partial charge in [0, 0.05) is 22.6 Å². The van der Waals surface area contributed by atoms with Crippen molar-refractivity contribution in [3.8, 4) is 0 Å². The first-order chi connectivity index (χ1) is 9.02. The standard InChI is InChI=1S/C12H13ClN2O2S2/c1-3-15-9(11(13)7(2)14-15)6-18-8-4-10(12(16)17)19-5-8/h4-5H,3,6H2,1-2H3,(H,16,17). The molecule has 2 aromatic heterocycles. The molecule has 0 saturated carbocycles. The largest absolute Gasteiger partial charge is 0.477 e. The Labute approximate surface area is 124 Å². The molecule has 0 aliphatic heterocycles. The molecule has 0 radical (unpaired) electrons. The molecular formula is C12H13ClN2O2S2. The third-order valence-corrected chi connectivity index (χ3v) is 5.16. The van der Waals surface area contributed by atoms with Crippen LogP contribution in [0.1, 0.15) is 28.0 Å². The normalized spacial score (nSPS) is 10.9. The Morgan fingerprint density at radius 3 is 2.95 bits per heavy atom. The number of aromatic carboxylic acids is 1. The summed E-state index contributed by atoms with van der Waals surface area (Å²) in [5.41, 5.74) is 1.81. The van der Waals surface area contributed by atoms with Crippen molar-refractivity contribution in [3.05, 3.63) is 32.7 Å². The van der Waals surface area contributed by atoms with E-state index >= 15 is 0 Å². The number of nitrogens with zero attached hydrogens (tertiary/aromatic N) is 2. The van der Waals surface area contributed by atoms with Crippen LogP contribution in [0.4, 0.5) is 0 Å². The highest BCUT2D eigenvalue weighted by Crippen LogP contribution is 2.31. The minimum absolute atomic E-state index is 0.355. The maximum atomic E-state index is 10.8. The molecule has 0 aliphatic rings. The lowest BCUT2D eigenvalue weighted by molar-refractivity contribution is 0.0702. The highest BCUT2D eigenvalue weighted by molar-refractivity contribution is 7.98. The number of carbonyl (C=O) groups is 1. The Balaban J connectivity index is 2.11. The fourth-order valence-electron chi connectivity index (χ4n) is 1.67. The van der Waals surface area contributed by atoms with Gasteiger partial charge in [-0.2, -0.15) is 5.10 Å². The number of aryl methyl sites for hydroxylation is 2. The van der Waals surface area contributed by atoms with Crippen molar-refractivity contribution in [2.24, 2.45) is 0 Å². The lowest BCUT2D eigenvalue weighted by Crippen LogP contribution is -2.01. The van der Waals surface area contributed by atoms with Gasteiger partial charge in [-0.05, 0) is 19.9 Å². The third-order valence-electron chi connectivity index (χ3n) is 2.61. The lowest BCUT2D eigenvalue weighted by Gasteiger charge is -2.04. The molecule has 0 aliphatic carbocycles. The average molecular weight is 317 g/mol. The van der Waals surface area contributed by atoms with Crippen LogP contribution < -0.4 is 0 Å². The van der Waals surface area contributed by atoms with E-state index in [1.54, 1.807) is 17.8 Å². The van der Waals surface area contributed by atoms with Crippen molar-refractivity contribution < 1.29 is 9.90 Å². The topological polar surface area (TPSA) is 55.1 Å². The van der Waals surface area contributed by atoms with Gasteiger partial charge in [0.15, 0.2) is 0 Å². The van der Waals surface area contributed by atoms with Gasteiger partial charge in [0.05, 0.1) is 16.4 Å². The maximum Gasteiger partial charge on any atom is 0.345 e.